The van der Waals surface area contributed by atoms with E-state index in [0.717, 1.165) is 50.6 Å². The van der Waals surface area contributed by atoms with Crippen LogP contribution in [0.4, 0.5) is 0 Å². The Morgan fingerprint density at radius 3 is 2.77 bits per heavy atom. The molecule has 7 heteroatoms. The summed E-state index contributed by atoms with van der Waals surface area (Å²) in [5.74, 6) is 2.73. The van der Waals surface area contributed by atoms with Crippen LogP contribution in [-0.2, 0) is 11.3 Å². The maximum absolute atomic E-state index is 9.21. The van der Waals surface area contributed by atoms with Crippen molar-refractivity contribution in [3.63, 3.8) is 0 Å². The van der Waals surface area contributed by atoms with Crippen molar-refractivity contribution in [3.05, 3.63) is 24.2 Å². The number of ether oxygens (including phenoxy) is 1. The Morgan fingerprint density at radius 1 is 1.35 bits per heavy atom. The predicted molar refractivity (Wildman–Crippen MR) is 117 cm³/mol. The molecular weight excluding hydrogens is 445 g/mol. The molecule has 0 aromatic carbocycles. The lowest BCUT2D eigenvalue weighted by molar-refractivity contribution is 0.105. The number of nitrogens with zero attached hydrogens (tertiary/aromatic N) is 1. The summed E-state index contributed by atoms with van der Waals surface area (Å²) in [4.78, 5) is 4.67. The zero-order valence-electron chi connectivity index (χ0n) is 16.4. The van der Waals surface area contributed by atoms with Gasteiger partial charge < -0.3 is 24.9 Å². The van der Waals surface area contributed by atoms with Crippen molar-refractivity contribution in [1.82, 2.24) is 10.6 Å². The van der Waals surface area contributed by atoms with Crippen LogP contribution in [-0.4, -0.2) is 43.9 Å². The summed E-state index contributed by atoms with van der Waals surface area (Å²) >= 11 is 0. The maximum atomic E-state index is 9.21. The molecule has 0 saturated carbocycles. The molecule has 0 amide bonds. The summed E-state index contributed by atoms with van der Waals surface area (Å²) in [6.45, 7) is 10.3. The Bertz CT molecular complexity index is 453. The van der Waals surface area contributed by atoms with Gasteiger partial charge in [0, 0.05) is 32.8 Å². The van der Waals surface area contributed by atoms with Crippen molar-refractivity contribution in [2.45, 2.75) is 46.6 Å². The number of guanidine groups is 1. The van der Waals surface area contributed by atoms with E-state index >= 15 is 0 Å². The minimum Gasteiger partial charge on any atom is -0.467 e. The Morgan fingerprint density at radius 2 is 2.15 bits per heavy atom. The Labute approximate surface area is 175 Å². The molecule has 0 bridgehead atoms. The minimum atomic E-state index is 0. The molecule has 3 N–H and O–H groups in total. The number of aliphatic hydroxyl groups is 1. The molecule has 0 saturated heterocycles. The third kappa shape index (κ3) is 12.5. The molecule has 1 aromatic heterocycles. The molecule has 6 nitrogen and oxygen atoms in total. The normalized spacial score (nSPS) is 12.7. The van der Waals surface area contributed by atoms with Crippen molar-refractivity contribution in [3.8, 4) is 0 Å². The van der Waals surface area contributed by atoms with Crippen molar-refractivity contribution >= 4 is 29.9 Å². The van der Waals surface area contributed by atoms with Gasteiger partial charge in [0.1, 0.15) is 12.4 Å². The van der Waals surface area contributed by atoms with E-state index in [1.165, 1.54) is 0 Å². The zero-order valence-corrected chi connectivity index (χ0v) is 18.7. The second-order valence-corrected chi connectivity index (χ2v) is 6.64. The van der Waals surface area contributed by atoms with Gasteiger partial charge in [-0.3, -0.25) is 4.99 Å². The predicted octanol–water partition coefficient (Wildman–Crippen LogP) is 3.40. The molecule has 0 aliphatic carbocycles. The maximum Gasteiger partial charge on any atom is 0.191 e. The third-order valence-corrected chi connectivity index (χ3v) is 3.78. The average Bonchev–Trinajstić information content (AvgIpc) is 3.08. The molecular formula is C19H36IN3O3. The summed E-state index contributed by atoms with van der Waals surface area (Å²) in [5, 5.41) is 15.8. The van der Waals surface area contributed by atoms with Gasteiger partial charge in [0.2, 0.25) is 0 Å². The number of halogens is 1. The Balaban J connectivity index is 0.00000625. The smallest absolute Gasteiger partial charge is 0.191 e. The fourth-order valence-electron chi connectivity index (χ4n) is 2.64. The van der Waals surface area contributed by atoms with Crippen LogP contribution in [0.5, 0.6) is 0 Å². The van der Waals surface area contributed by atoms with Crippen LogP contribution in [0.15, 0.2) is 27.8 Å². The first-order chi connectivity index (χ1) is 12.2. The second kappa shape index (κ2) is 16.4. The highest BCUT2D eigenvalue weighted by atomic mass is 127. The highest BCUT2D eigenvalue weighted by Gasteiger charge is 2.10. The van der Waals surface area contributed by atoms with Gasteiger partial charge in [-0.2, -0.15) is 0 Å². The van der Waals surface area contributed by atoms with Crippen molar-refractivity contribution in [1.29, 1.82) is 0 Å². The monoisotopic (exact) mass is 481 g/mol. The highest BCUT2D eigenvalue weighted by Crippen LogP contribution is 2.15. The summed E-state index contributed by atoms with van der Waals surface area (Å²) in [6, 6.07) is 3.77. The van der Waals surface area contributed by atoms with Crippen molar-refractivity contribution in [2.24, 2.45) is 16.8 Å². The average molecular weight is 481 g/mol. The van der Waals surface area contributed by atoms with E-state index < -0.39 is 0 Å². The molecule has 1 rings (SSSR count). The summed E-state index contributed by atoms with van der Waals surface area (Å²) < 4.78 is 10.8. The molecule has 1 heterocycles. The van der Waals surface area contributed by atoms with E-state index in [0.29, 0.717) is 25.0 Å². The summed E-state index contributed by atoms with van der Waals surface area (Å²) in [7, 11) is 0. The van der Waals surface area contributed by atoms with E-state index in [9.17, 15) is 5.11 Å². The quantitative estimate of drug-likeness (QED) is 0.174. The first-order valence-corrected chi connectivity index (χ1v) is 9.38. The van der Waals surface area contributed by atoms with Crippen LogP contribution in [0.3, 0.4) is 0 Å². The Hall–Kier alpha value is -0.800. The van der Waals surface area contributed by atoms with E-state index in [1.807, 2.05) is 12.1 Å². The summed E-state index contributed by atoms with van der Waals surface area (Å²) in [6.07, 6.45) is 4.45. The fraction of sp³-hybridized carbons (Fsp3) is 0.737. The molecule has 0 spiro atoms. The second-order valence-electron chi connectivity index (χ2n) is 6.64. The molecule has 0 aliphatic rings. The van der Waals surface area contributed by atoms with Crippen LogP contribution in [0.1, 0.15) is 45.8 Å². The summed E-state index contributed by atoms with van der Waals surface area (Å²) in [5.41, 5.74) is 0. The van der Waals surface area contributed by atoms with Crippen LogP contribution >= 0.6 is 24.0 Å². The molecule has 1 aromatic rings. The topological polar surface area (TPSA) is 79.0 Å². The van der Waals surface area contributed by atoms with Crippen molar-refractivity contribution < 1.29 is 14.3 Å². The van der Waals surface area contributed by atoms with Gasteiger partial charge in [-0.25, -0.2) is 0 Å². The zero-order chi connectivity index (χ0) is 18.3. The number of hydrogen-bond acceptors (Lipinski definition) is 4. The lowest BCUT2D eigenvalue weighted by Crippen LogP contribution is -2.38. The first kappa shape index (κ1) is 25.2. The SMILES string of the molecule is CCNC(=NCC(CCO)CC(C)C)NCCCOCc1ccco1.I. The number of aliphatic imine (C=N–C) groups is 1. The minimum absolute atomic E-state index is 0. The lowest BCUT2D eigenvalue weighted by atomic mass is 9.94. The largest absolute Gasteiger partial charge is 0.467 e. The highest BCUT2D eigenvalue weighted by molar-refractivity contribution is 14.0. The van der Waals surface area contributed by atoms with Gasteiger partial charge in [-0.05, 0) is 50.2 Å². The van der Waals surface area contributed by atoms with Crippen LogP contribution in [0.2, 0.25) is 0 Å². The number of hydrogen-bond donors (Lipinski definition) is 3. The van der Waals surface area contributed by atoms with Crippen molar-refractivity contribution in [2.75, 3.05) is 32.8 Å². The van der Waals surface area contributed by atoms with Gasteiger partial charge in [-0.15, -0.1) is 24.0 Å². The Kier molecular flexibility index (Phi) is 15.9. The van der Waals surface area contributed by atoms with Gasteiger partial charge >= 0.3 is 0 Å². The molecule has 152 valence electrons. The van der Waals surface area contributed by atoms with Crippen LogP contribution < -0.4 is 10.6 Å². The van der Waals surface area contributed by atoms with Gasteiger partial charge in [0.15, 0.2) is 5.96 Å². The molecule has 1 atom stereocenters. The molecule has 1 unspecified atom stereocenters. The van der Waals surface area contributed by atoms with Gasteiger partial charge in [-0.1, -0.05) is 13.8 Å². The van der Waals surface area contributed by atoms with Gasteiger partial charge in [0.25, 0.3) is 0 Å². The molecule has 0 aliphatic heterocycles. The molecule has 0 fully saturated rings. The first-order valence-electron chi connectivity index (χ1n) is 9.38. The molecule has 26 heavy (non-hydrogen) atoms. The number of rotatable bonds is 13. The van der Waals surface area contributed by atoms with Crippen LogP contribution in [0.25, 0.3) is 0 Å². The standard InChI is InChI=1S/C19H35N3O3.HI/c1-4-20-19(22-14-17(8-10-23)13-16(2)3)21-9-6-11-24-15-18-7-5-12-25-18;/h5,7,12,16-17,23H,4,6,8-11,13-15H2,1-3H3,(H2,20,21,22);1H. The number of furan rings is 1. The lowest BCUT2D eigenvalue weighted by Gasteiger charge is -2.17. The fourth-order valence-corrected chi connectivity index (χ4v) is 2.64. The molecule has 0 radical (unpaired) electrons. The van der Waals surface area contributed by atoms with E-state index in [4.69, 9.17) is 9.15 Å². The van der Waals surface area contributed by atoms with Crippen LogP contribution in [0, 0.1) is 11.8 Å². The third-order valence-electron chi connectivity index (χ3n) is 3.78. The van der Waals surface area contributed by atoms with E-state index in [2.05, 4.69) is 36.4 Å². The number of aliphatic hydroxyl groups excluding tert-OH is 1. The number of nitrogens with one attached hydrogen (secondary N) is 2. The van der Waals surface area contributed by atoms with Gasteiger partial charge in [0.05, 0.1) is 6.26 Å². The van der Waals surface area contributed by atoms with E-state index in [-0.39, 0.29) is 30.6 Å². The van der Waals surface area contributed by atoms with E-state index in [1.54, 1.807) is 6.26 Å².